The van der Waals surface area contributed by atoms with Crippen LogP contribution >= 0.6 is 11.6 Å². The summed E-state index contributed by atoms with van der Waals surface area (Å²) in [5.41, 5.74) is 1.89. The molecule has 1 saturated carbocycles. The molecule has 1 aliphatic rings. The number of rotatable bonds is 6. The van der Waals surface area contributed by atoms with E-state index in [0.717, 1.165) is 18.4 Å². The minimum absolute atomic E-state index is 0.0387. The first-order valence-electron chi connectivity index (χ1n) is 8.92. The van der Waals surface area contributed by atoms with Crippen molar-refractivity contribution in [3.8, 4) is 5.82 Å². The van der Waals surface area contributed by atoms with Crippen LogP contribution in [0.3, 0.4) is 0 Å². The molecule has 7 nitrogen and oxygen atoms in total. The van der Waals surface area contributed by atoms with Gasteiger partial charge in [-0.05, 0) is 42.7 Å². The van der Waals surface area contributed by atoms with Crippen molar-refractivity contribution in [2.45, 2.75) is 19.4 Å². The van der Waals surface area contributed by atoms with Gasteiger partial charge in [0.05, 0.1) is 11.9 Å². The first kappa shape index (κ1) is 18.2. The topological polar surface area (TPSA) is 88.9 Å². The monoisotopic (exact) mass is 395 g/mol. The molecule has 0 radical (unpaired) electrons. The van der Waals surface area contributed by atoms with Crippen molar-refractivity contribution >= 4 is 29.1 Å². The molecule has 2 heterocycles. The maximum atomic E-state index is 12.3. The number of hydrogen-bond donors (Lipinski definition) is 2. The number of imidazole rings is 1. The highest BCUT2D eigenvalue weighted by Gasteiger charge is 2.29. The van der Waals surface area contributed by atoms with Crippen LogP contribution in [-0.2, 0) is 11.3 Å². The number of carbonyl (C=O) groups excluding carboxylic acids is 2. The zero-order valence-electron chi connectivity index (χ0n) is 14.9. The Hall–Kier alpha value is -3.19. The molecular formula is C20H18ClN5O2. The second-order valence-electron chi connectivity index (χ2n) is 6.64. The zero-order chi connectivity index (χ0) is 19.5. The summed E-state index contributed by atoms with van der Waals surface area (Å²) in [4.78, 5) is 32.5. The Labute approximate surface area is 166 Å². The van der Waals surface area contributed by atoms with Crippen LogP contribution in [0.1, 0.15) is 28.9 Å². The lowest BCUT2D eigenvalue weighted by molar-refractivity contribution is -0.117. The van der Waals surface area contributed by atoms with Gasteiger partial charge in [0, 0.05) is 23.7 Å². The predicted molar refractivity (Wildman–Crippen MR) is 105 cm³/mol. The SMILES string of the molecule is O=C(NCc1ccc(Cl)cc1)c1cn(-c2ccc(NC(=O)C3CC3)cn2)cn1. The average Bonchev–Trinajstić information content (AvgIpc) is 3.45. The molecule has 0 saturated heterocycles. The van der Waals surface area contributed by atoms with Gasteiger partial charge < -0.3 is 10.6 Å². The average molecular weight is 396 g/mol. The highest BCUT2D eigenvalue weighted by atomic mass is 35.5. The van der Waals surface area contributed by atoms with Gasteiger partial charge in [0.1, 0.15) is 17.8 Å². The second-order valence-corrected chi connectivity index (χ2v) is 7.08. The van der Waals surface area contributed by atoms with Crippen molar-refractivity contribution in [1.82, 2.24) is 19.9 Å². The molecule has 0 aliphatic heterocycles. The van der Waals surface area contributed by atoms with Crippen molar-refractivity contribution in [3.63, 3.8) is 0 Å². The fraction of sp³-hybridized carbons (Fsp3) is 0.200. The fourth-order valence-corrected chi connectivity index (χ4v) is 2.77. The Morgan fingerprint density at radius 2 is 1.89 bits per heavy atom. The minimum atomic E-state index is -0.276. The van der Waals surface area contributed by atoms with Gasteiger partial charge in [-0.25, -0.2) is 9.97 Å². The van der Waals surface area contributed by atoms with E-state index in [0.29, 0.717) is 28.8 Å². The van der Waals surface area contributed by atoms with E-state index in [9.17, 15) is 9.59 Å². The molecule has 0 unspecified atom stereocenters. The van der Waals surface area contributed by atoms with Gasteiger partial charge in [-0.15, -0.1) is 0 Å². The zero-order valence-corrected chi connectivity index (χ0v) is 15.7. The molecule has 28 heavy (non-hydrogen) atoms. The summed E-state index contributed by atoms with van der Waals surface area (Å²) >= 11 is 5.86. The molecule has 142 valence electrons. The normalized spacial score (nSPS) is 13.2. The van der Waals surface area contributed by atoms with E-state index in [1.807, 2.05) is 12.1 Å². The number of aromatic nitrogens is 3. The maximum Gasteiger partial charge on any atom is 0.271 e. The van der Waals surface area contributed by atoms with E-state index in [-0.39, 0.29) is 17.7 Å². The number of nitrogens with zero attached hydrogens (tertiary/aromatic N) is 3. The van der Waals surface area contributed by atoms with Gasteiger partial charge in [0.15, 0.2) is 0 Å². The Morgan fingerprint density at radius 3 is 2.57 bits per heavy atom. The molecule has 2 amide bonds. The van der Waals surface area contributed by atoms with Crippen LogP contribution in [0.25, 0.3) is 5.82 Å². The van der Waals surface area contributed by atoms with Gasteiger partial charge in [-0.1, -0.05) is 23.7 Å². The summed E-state index contributed by atoms with van der Waals surface area (Å²) in [7, 11) is 0. The van der Waals surface area contributed by atoms with Crippen LogP contribution in [0.4, 0.5) is 5.69 Å². The molecule has 8 heteroatoms. The summed E-state index contributed by atoms with van der Waals surface area (Å²) in [6.45, 7) is 0.385. The van der Waals surface area contributed by atoms with E-state index in [2.05, 4.69) is 20.6 Å². The lowest BCUT2D eigenvalue weighted by Gasteiger charge is -2.05. The van der Waals surface area contributed by atoms with Gasteiger partial charge in [0.25, 0.3) is 5.91 Å². The fourth-order valence-electron chi connectivity index (χ4n) is 2.64. The molecule has 2 aromatic heterocycles. The highest BCUT2D eigenvalue weighted by Crippen LogP contribution is 2.30. The molecule has 0 spiro atoms. The van der Waals surface area contributed by atoms with E-state index >= 15 is 0 Å². The number of amides is 2. The lowest BCUT2D eigenvalue weighted by Crippen LogP contribution is -2.23. The molecule has 2 N–H and O–H groups in total. The molecule has 1 aromatic carbocycles. The number of anilines is 1. The van der Waals surface area contributed by atoms with Gasteiger partial charge in [-0.3, -0.25) is 14.2 Å². The van der Waals surface area contributed by atoms with Crippen molar-refractivity contribution in [3.05, 3.63) is 71.4 Å². The Bertz CT molecular complexity index is 994. The third kappa shape index (κ3) is 4.37. The number of nitrogens with one attached hydrogen (secondary N) is 2. The molecule has 3 aromatic rings. The van der Waals surface area contributed by atoms with Crippen LogP contribution in [0.15, 0.2) is 55.1 Å². The van der Waals surface area contributed by atoms with Crippen LogP contribution in [0.5, 0.6) is 0 Å². The summed E-state index contributed by atoms with van der Waals surface area (Å²) in [5, 5.41) is 6.32. The Balaban J connectivity index is 1.37. The van der Waals surface area contributed by atoms with Crippen LogP contribution in [0, 0.1) is 5.92 Å². The van der Waals surface area contributed by atoms with Crippen molar-refractivity contribution < 1.29 is 9.59 Å². The largest absolute Gasteiger partial charge is 0.347 e. The quantitative estimate of drug-likeness (QED) is 0.670. The van der Waals surface area contributed by atoms with Crippen LogP contribution in [-0.4, -0.2) is 26.3 Å². The molecule has 1 aliphatic carbocycles. The number of hydrogen-bond acceptors (Lipinski definition) is 4. The van der Waals surface area contributed by atoms with Crippen LogP contribution in [0.2, 0.25) is 5.02 Å². The number of pyridine rings is 1. The summed E-state index contributed by atoms with van der Waals surface area (Å²) < 4.78 is 1.66. The van der Waals surface area contributed by atoms with E-state index in [4.69, 9.17) is 11.6 Å². The van der Waals surface area contributed by atoms with E-state index in [1.54, 1.807) is 41.2 Å². The van der Waals surface area contributed by atoms with Crippen molar-refractivity contribution in [1.29, 1.82) is 0 Å². The molecule has 1 fully saturated rings. The Kier molecular flexibility index (Phi) is 5.08. The van der Waals surface area contributed by atoms with Gasteiger partial charge in [0.2, 0.25) is 5.91 Å². The first-order valence-corrected chi connectivity index (χ1v) is 9.30. The number of benzene rings is 1. The number of carbonyl (C=O) groups is 2. The third-order valence-corrected chi connectivity index (χ3v) is 4.66. The van der Waals surface area contributed by atoms with Gasteiger partial charge in [-0.2, -0.15) is 0 Å². The highest BCUT2D eigenvalue weighted by molar-refractivity contribution is 6.30. The van der Waals surface area contributed by atoms with Crippen molar-refractivity contribution in [2.24, 2.45) is 5.92 Å². The van der Waals surface area contributed by atoms with Gasteiger partial charge >= 0.3 is 0 Å². The molecule has 4 rings (SSSR count). The summed E-state index contributed by atoms with van der Waals surface area (Å²) in [6, 6.07) is 10.8. The number of halogens is 1. The summed E-state index contributed by atoms with van der Waals surface area (Å²) in [5.74, 6) is 0.509. The molecular weight excluding hydrogens is 378 g/mol. The van der Waals surface area contributed by atoms with Crippen LogP contribution < -0.4 is 10.6 Å². The smallest absolute Gasteiger partial charge is 0.271 e. The molecule has 0 atom stereocenters. The summed E-state index contributed by atoms with van der Waals surface area (Å²) in [6.07, 6.45) is 6.64. The lowest BCUT2D eigenvalue weighted by atomic mass is 10.2. The van der Waals surface area contributed by atoms with E-state index in [1.165, 1.54) is 6.33 Å². The molecule has 0 bridgehead atoms. The Morgan fingerprint density at radius 1 is 1.11 bits per heavy atom. The van der Waals surface area contributed by atoms with Crippen molar-refractivity contribution in [2.75, 3.05) is 5.32 Å². The predicted octanol–water partition coefficient (Wildman–Crippen LogP) is 3.20. The first-order chi connectivity index (χ1) is 13.6. The maximum absolute atomic E-state index is 12.3. The minimum Gasteiger partial charge on any atom is -0.347 e. The standard InChI is InChI=1S/C20H18ClN5O2/c21-15-5-1-13(2-6-15)9-23-20(28)17-11-26(12-24-17)18-8-7-16(10-22-18)25-19(27)14-3-4-14/h1-2,5-8,10-12,14H,3-4,9H2,(H,23,28)(H,25,27). The third-order valence-electron chi connectivity index (χ3n) is 4.41. The van der Waals surface area contributed by atoms with E-state index < -0.39 is 0 Å². The second kappa shape index (κ2) is 7.82.